The molecule has 9 heteroatoms. The topological polar surface area (TPSA) is 117 Å². The SMILES string of the molecule is CC(C)(C)c1ccc(-c2noc(-c3cc(-c4nc(-c5ccc(C(C)(C)C)cc5)no4)cc(-c4nc(-c5ccc(C(C)(C)C)cc5)no4)c3)n2)cc1. The molecule has 51 heavy (non-hydrogen) atoms. The lowest BCUT2D eigenvalue weighted by Gasteiger charge is -2.18. The molecule has 7 aromatic rings. The van der Waals surface area contributed by atoms with Gasteiger partial charge in [-0.3, -0.25) is 0 Å². The molecule has 0 saturated carbocycles. The van der Waals surface area contributed by atoms with Crippen molar-refractivity contribution >= 4 is 0 Å². The number of aromatic nitrogens is 6. The molecule has 0 saturated heterocycles. The number of nitrogens with zero attached hydrogens (tertiary/aromatic N) is 6. The van der Waals surface area contributed by atoms with Gasteiger partial charge in [0.05, 0.1) is 0 Å². The van der Waals surface area contributed by atoms with Crippen molar-refractivity contribution in [3.8, 4) is 68.5 Å². The first-order chi connectivity index (χ1) is 24.1. The summed E-state index contributed by atoms with van der Waals surface area (Å²) in [5.41, 5.74) is 8.24. The standard InChI is InChI=1S/C42H42N6O3/c1-40(2,3)31-16-10-25(11-17-31)34-43-37(49-46-34)28-22-29(38-44-35(47-50-38)26-12-18-32(19-13-26)41(4,5)6)24-30(23-28)39-45-36(48-51-39)27-14-20-33(21-15-27)42(7,8)9/h10-24H,1-9H3. The summed E-state index contributed by atoms with van der Waals surface area (Å²) < 4.78 is 17.4. The Morgan fingerprint density at radius 2 is 0.569 bits per heavy atom. The molecule has 0 amide bonds. The van der Waals surface area contributed by atoms with E-state index in [0.29, 0.717) is 51.8 Å². The summed E-state index contributed by atoms with van der Waals surface area (Å²) in [6.07, 6.45) is 0. The summed E-state index contributed by atoms with van der Waals surface area (Å²) in [5.74, 6) is 2.41. The predicted molar refractivity (Wildman–Crippen MR) is 199 cm³/mol. The molecule has 258 valence electrons. The lowest BCUT2D eigenvalue weighted by Crippen LogP contribution is -2.10. The van der Waals surface area contributed by atoms with Crippen molar-refractivity contribution in [3.63, 3.8) is 0 Å². The van der Waals surface area contributed by atoms with E-state index in [1.807, 2.05) is 54.6 Å². The van der Waals surface area contributed by atoms with Crippen LogP contribution in [0, 0.1) is 0 Å². The summed E-state index contributed by atoms with van der Waals surface area (Å²) >= 11 is 0. The first-order valence-corrected chi connectivity index (χ1v) is 17.1. The Morgan fingerprint density at radius 1 is 0.333 bits per heavy atom. The highest BCUT2D eigenvalue weighted by atomic mass is 16.5. The second-order valence-corrected chi connectivity index (χ2v) is 16.1. The van der Waals surface area contributed by atoms with Crippen molar-refractivity contribution in [1.82, 2.24) is 30.4 Å². The fourth-order valence-electron chi connectivity index (χ4n) is 5.73. The summed E-state index contributed by atoms with van der Waals surface area (Å²) in [7, 11) is 0. The van der Waals surface area contributed by atoms with E-state index in [0.717, 1.165) is 16.7 Å². The predicted octanol–water partition coefficient (Wildman–Crippen LogP) is 10.7. The average Bonchev–Trinajstić information content (AvgIpc) is 3.89. The lowest BCUT2D eigenvalue weighted by molar-refractivity contribution is 0.429. The molecule has 0 bridgehead atoms. The largest absolute Gasteiger partial charge is 0.334 e. The second-order valence-electron chi connectivity index (χ2n) is 16.1. The minimum atomic E-state index is 0.0345. The zero-order valence-corrected chi connectivity index (χ0v) is 30.6. The van der Waals surface area contributed by atoms with Gasteiger partial charge >= 0.3 is 0 Å². The minimum absolute atomic E-state index is 0.0345. The van der Waals surface area contributed by atoms with Crippen LogP contribution in [0.4, 0.5) is 0 Å². The van der Waals surface area contributed by atoms with Crippen LogP contribution in [0.2, 0.25) is 0 Å². The van der Waals surface area contributed by atoms with Gasteiger partial charge in [0.15, 0.2) is 0 Å². The highest BCUT2D eigenvalue weighted by Crippen LogP contribution is 2.35. The molecule has 0 aliphatic rings. The third kappa shape index (κ3) is 7.15. The number of hydrogen-bond donors (Lipinski definition) is 0. The Bertz CT molecular complexity index is 2020. The molecular formula is C42H42N6O3. The quantitative estimate of drug-likeness (QED) is 0.169. The maximum atomic E-state index is 5.82. The molecule has 7 rings (SSSR count). The molecule has 0 unspecified atom stereocenters. The van der Waals surface area contributed by atoms with E-state index in [1.165, 1.54) is 16.7 Å². The Hall–Kier alpha value is -5.70. The third-order valence-electron chi connectivity index (χ3n) is 8.98. The molecule has 0 aliphatic heterocycles. The molecule has 3 aromatic heterocycles. The van der Waals surface area contributed by atoms with Crippen LogP contribution < -0.4 is 0 Å². The Labute approximate surface area is 298 Å². The molecule has 9 nitrogen and oxygen atoms in total. The van der Waals surface area contributed by atoms with E-state index in [4.69, 9.17) is 28.5 Å². The van der Waals surface area contributed by atoms with E-state index in [2.05, 4.69) is 114 Å². The average molecular weight is 679 g/mol. The molecular weight excluding hydrogens is 637 g/mol. The molecule has 0 atom stereocenters. The van der Waals surface area contributed by atoms with Crippen LogP contribution in [0.25, 0.3) is 68.5 Å². The van der Waals surface area contributed by atoms with E-state index in [1.54, 1.807) is 0 Å². The summed E-state index contributed by atoms with van der Waals surface area (Å²) in [6, 6.07) is 30.3. The van der Waals surface area contributed by atoms with Gasteiger partial charge < -0.3 is 13.6 Å². The minimum Gasteiger partial charge on any atom is -0.334 e. The van der Waals surface area contributed by atoms with Gasteiger partial charge in [-0.05, 0) is 51.1 Å². The number of hydrogen-bond acceptors (Lipinski definition) is 9. The van der Waals surface area contributed by atoms with Gasteiger partial charge in [0, 0.05) is 33.4 Å². The third-order valence-corrected chi connectivity index (χ3v) is 8.98. The Balaban J connectivity index is 1.26. The van der Waals surface area contributed by atoms with Crippen molar-refractivity contribution in [1.29, 1.82) is 0 Å². The van der Waals surface area contributed by atoms with Crippen molar-refractivity contribution in [2.24, 2.45) is 0 Å². The van der Waals surface area contributed by atoms with Gasteiger partial charge in [-0.2, -0.15) is 15.0 Å². The lowest BCUT2D eigenvalue weighted by atomic mass is 9.87. The Kier molecular flexibility index (Phi) is 8.32. The van der Waals surface area contributed by atoms with Crippen LogP contribution in [-0.4, -0.2) is 30.4 Å². The fourth-order valence-corrected chi connectivity index (χ4v) is 5.73. The first kappa shape index (κ1) is 33.8. The normalized spacial score (nSPS) is 12.4. The molecule has 0 spiro atoms. The smallest absolute Gasteiger partial charge is 0.258 e. The van der Waals surface area contributed by atoms with Crippen molar-refractivity contribution in [3.05, 3.63) is 108 Å². The van der Waals surface area contributed by atoms with Crippen LogP contribution in [0.1, 0.15) is 79.0 Å². The summed E-state index contributed by atoms with van der Waals surface area (Å²) in [5, 5.41) is 12.9. The van der Waals surface area contributed by atoms with Crippen LogP contribution >= 0.6 is 0 Å². The monoisotopic (exact) mass is 678 g/mol. The molecule has 4 aromatic carbocycles. The van der Waals surface area contributed by atoms with E-state index >= 15 is 0 Å². The van der Waals surface area contributed by atoms with Crippen LogP contribution in [0.15, 0.2) is 105 Å². The molecule has 0 aliphatic carbocycles. The van der Waals surface area contributed by atoms with E-state index in [9.17, 15) is 0 Å². The van der Waals surface area contributed by atoms with Gasteiger partial charge in [-0.25, -0.2) is 0 Å². The summed E-state index contributed by atoms with van der Waals surface area (Å²) in [4.78, 5) is 14.3. The highest BCUT2D eigenvalue weighted by molar-refractivity contribution is 5.75. The zero-order valence-electron chi connectivity index (χ0n) is 30.6. The number of rotatable bonds is 6. The van der Waals surface area contributed by atoms with Gasteiger partial charge in [-0.1, -0.05) is 151 Å². The Morgan fingerprint density at radius 3 is 0.784 bits per heavy atom. The summed E-state index contributed by atoms with van der Waals surface area (Å²) in [6.45, 7) is 19.7. The number of benzene rings is 4. The molecule has 0 N–H and O–H groups in total. The maximum Gasteiger partial charge on any atom is 0.258 e. The van der Waals surface area contributed by atoms with Crippen LogP contribution in [-0.2, 0) is 16.2 Å². The van der Waals surface area contributed by atoms with Crippen molar-refractivity contribution in [2.75, 3.05) is 0 Å². The van der Waals surface area contributed by atoms with Gasteiger partial charge in [0.1, 0.15) is 0 Å². The van der Waals surface area contributed by atoms with Gasteiger partial charge in [0.2, 0.25) is 17.5 Å². The van der Waals surface area contributed by atoms with Gasteiger partial charge in [0.25, 0.3) is 17.7 Å². The molecule has 3 heterocycles. The van der Waals surface area contributed by atoms with Gasteiger partial charge in [-0.15, -0.1) is 0 Å². The molecule has 0 fully saturated rings. The van der Waals surface area contributed by atoms with Crippen LogP contribution in [0.3, 0.4) is 0 Å². The zero-order chi connectivity index (χ0) is 36.1. The van der Waals surface area contributed by atoms with E-state index in [-0.39, 0.29) is 16.2 Å². The first-order valence-electron chi connectivity index (χ1n) is 17.1. The fraction of sp³-hybridized carbons (Fsp3) is 0.286. The van der Waals surface area contributed by atoms with E-state index < -0.39 is 0 Å². The van der Waals surface area contributed by atoms with Crippen LogP contribution in [0.5, 0.6) is 0 Å². The highest BCUT2D eigenvalue weighted by Gasteiger charge is 2.22. The van der Waals surface area contributed by atoms with Crippen molar-refractivity contribution < 1.29 is 13.6 Å². The molecule has 0 radical (unpaired) electrons. The van der Waals surface area contributed by atoms with Crippen molar-refractivity contribution in [2.45, 2.75) is 78.6 Å². The maximum absolute atomic E-state index is 5.82. The second kappa shape index (κ2) is 12.6.